The summed E-state index contributed by atoms with van der Waals surface area (Å²) in [5, 5.41) is 0. The lowest BCUT2D eigenvalue weighted by molar-refractivity contribution is 0.404. The van der Waals surface area contributed by atoms with Gasteiger partial charge < -0.3 is 4.90 Å². The molecule has 0 saturated carbocycles. The highest BCUT2D eigenvalue weighted by atomic mass is 32.2. The normalized spacial score (nSPS) is 19.0. The smallest absolute Gasteiger partial charge is 0.204 e. The molecule has 4 heteroatoms. The van der Waals surface area contributed by atoms with E-state index in [9.17, 15) is 8.42 Å². The molecule has 0 atom stereocenters. The minimum atomic E-state index is -3.44. The van der Waals surface area contributed by atoms with Crippen molar-refractivity contribution >= 4 is 9.84 Å². The van der Waals surface area contributed by atoms with Crippen LogP contribution in [-0.4, -0.2) is 19.9 Å². The van der Waals surface area contributed by atoms with Gasteiger partial charge in [-0.2, -0.15) is 0 Å². The quantitative estimate of drug-likeness (QED) is 0.785. The van der Waals surface area contributed by atoms with E-state index >= 15 is 0 Å². The monoisotopic (exact) mass is 339 g/mol. The minimum Gasteiger partial charge on any atom is -0.369 e. The molecule has 0 spiro atoms. The molecule has 0 fully saturated rings. The SMILES string of the molecule is O=S(=O)(/C1=C/N(Cc2ccccc2)C/C=C\CC1)c1ccccc1. The molecule has 0 aliphatic carbocycles. The van der Waals surface area contributed by atoms with Gasteiger partial charge in [0.2, 0.25) is 9.84 Å². The first-order chi connectivity index (χ1) is 11.7. The van der Waals surface area contributed by atoms with Crippen LogP contribution < -0.4 is 0 Å². The van der Waals surface area contributed by atoms with Crippen LogP contribution in [0.4, 0.5) is 0 Å². The van der Waals surface area contributed by atoms with E-state index in [0.717, 1.165) is 6.42 Å². The second kappa shape index (κ2) is 7.49. The first-order valence-corrected chi connectivity index (χ1v) is 9.58. The topological polar surface area (TPSA) is 37.4 Å². The van der Waals surface area contributed by atoms with Crippen LogP contribution in [0.2, 0.25) is 0 Å². The molecule has 0 amide bonds. The average molecular weight is 339 g/mol. The predicted molar refractivity (Wildman–Crippen MR) is 96.9 cm³/mol. The largest absolute Gasteiger partial charge is 0.369 e. The first kappa shape index (κ1) is 16.5. The molecule has 2 aromatic carbocycles. The maximum atomic E-state index is 12.9. The Morgan fingerprint density at radius 1 is 0.875 bits per heavy atom. The third-order valence-electron chi connectivity index (χ3n) is 4.02. The van der Waals surface area contributed by atoms with Crippen molar-refractivity contribution in [2.75, 3.05) is 6.54 Å². The maximum Gasteiger partial charge on any atom is 0.204 e. The van der Waals surface area contributed by atoms with Crippen molar-refractivity contribution in [3.05, 3.63) is 89.5 Å². The van der Waals surface area contributed by atoms with Gasteiger partial charge >= 0.3 is 0 Å². The van der Waals surface area contributed by atoms with Crippen molar-refractivity contribution in [3.8, 4) is 0 Å². The third-order valence-corrected chi connectivity index (χ3v) is 5.91. The van der Waals surface area contributed by atoms with E-state index in [1.807, 2.05) is 30.5 Å². The summed E-state index contributed by atoms with van der Waals surface area (Å²) in [5.74, 6) is 0. The van der Waals surface area contributed by atoms with Gasteiger partial charge in [-0.25, -0.2) is 8.42 Å². The molecule has 1 heterocycles. The molecule has 2 aromatic rings. The van der Waals surface area contributed by atoms with Crippen LogP contribution in [0.3, 0.4) is 0 Å². The predicted octanol–water partition coefficient (Wildman–Crippen LogP) is 4.15. The molecule has 3 nitrogen and oxygen atoms in total. The van der Waals surface area contributed by atoms with Gasteiger partial charge in [-0.15, -0.1) is 0 Å². The number of hydrogen-bond acceptors (Lipinski definition) is 3. The zero-order valence-electron chi connectivity index (χ0n) is 13.5. The second-order valence-corrected chi connectivity index (χ2v) is 7.84. The van der Waals surface area contributed by atoms with Gasteiger partial charge in [0.1, 0.15) is 0 Å². The molecule has 1 aliphatic rings. The summed E-state index contributed by atoms with van der Waals surface area (Å²) in [6, 6.07) is 18.8. The Bertz CT molecular complexity index is 824. The molecule has 24 heavy (non-hydrogen) atoms. The fraction of sp³-hybridized carbons (Fsp3) is 0.200. The number of rotatable bonds is 4. The van der Waals surface area contributed by atoms with E-state index < -0.39 is 9.84 Å². The lowest BCUT2D eigenvalue weighted by Gasteiger charge is -2.22. The molecule has 0 bridgehead atoms. The van der Waals surface area contributed by atoms with Crippen LogP contribution in [0.1, 0.15) is 18.4 Å². The van der Waals surface area contributed by atoms with Crippen LogP contribution in [-0.2, 0) is 16.4 Å². The zero-order valence-corrected chi connectivity index (χ0v) is 14.3. The Kier molecular flexibility index (Phi) is 5.16. The van der Waals surface area contributed by atoms with Gasteiger partial charge in [0, 0.05) is 19.3 Å². The Morgan fingerprint density at radius 3 is 2.25 bits per heavy atom. The number of nitrogens with zero attached hydrogens (tertiary/aromatic N) is 1. The van der Waals surface area contributed by atoms with E-state index in [0.29, 0.717) is 29.3 Å². The Labute approximate surface area is 143 Å². The standard InChI is InChI=1S/C20H21NO2S/c22-24(23,19-12-6-2-7-13-19)20-14-8-3-9-15-21(17-20)16-18-10-4-1-5-11-18/h1-7,9-13,17H,8,14-16H2/b9-3-,20-17+. The van der Waals surface area contributed by atoms with E-state index in [1.165, 1.54) is 5.56 Å². The van der Waals surface area contributed by atoms with Crippen LogP contribution in [0, 0.1) is 0 Å². The van der Waals surface area contributed by atoms with Crippen molar-refractivity contribution in [1.29, 1.82) is 0 Å². The third kappa shape index (κ3) is 3.95. The van der Waals surface area contributed by atoms with E-state index in [4.69, 9.17) is 0 Å². The van der Waals surface area contributed by atoms with Crippen LogP contribution >= 0.6 is 0 Å². The fourth-order valence-electron chi connectivity index (χ4n) is 2.76. The summed E-state index contributed by atoms with van der Waals surface area (Å²) in [7, 11) is -3.44. The Balaban J connectivity index is 1.91. The number of sulfone groups is 1. The first-order valence-electron chi connectivity index (χ1n) is 8.10. The number of allylic oxidation sites excluding steroid dienone is 2. The highest BCUT2D eigenvalue weighted by molar-refractivity contribution is 7.95. The van der Waals surface area contributed by atoms with Gasteiger partial charge in [0.25, 0.3) is 0 Å². The molecule has 1 aliphatic heterocycles. The van der Waals surface area contributed by atoms with Crippen molar-refractivity contribution in [3.63, 3.8) is 0 Å². The van der Waals surface area contributed by atoms with Crippen molar-refractivity contribution < 1.29 is 8.42 Å². The van der Waals surface area contributed by atoms with Gasteiger partial charge in [0.15, 0.2) is 0 Å². The van der Waals surface area contributed by atoms with Gasteiger partial charge in [0.05, 0.1) is 9.80 Å². The molecule has 0 unspecified atom stereocenters. The second-order valence-electron chi connectivity index (χ2n) is 5.84. The molecule has 0 N–H and O–H groups in total. The number of hydrogen-bond donors (Lipinski definition) is 0. The minimum absolute atomic E-state index is 0.362. The van der Waals surface area contributed by atoms with Crippen LogP contribution in [0.5, 0.6) is 0 Å². The highest BCUT2D eigenvalue weighted by Gasteiger charge is 2.21. The summed E-state index contributed by atoms with van der Waals surface area (Å²) < 4.78 is 25.9. The summed E-state index contributed by atoms with van der Waals surface area (Å²) in [4.78, 5) is 2.90. The molecular weight excluding hydrogens is 318 g/mol. The molecule has 0 radical (unpaired) electrons. The Morgan fingerprint density at radius 2 is 1.54 bits per heavy atom. The zero-order chi connectivity index (χ0) is 16.8. The lowest BCUT2D eigenvalue weighted by atomic mass is 10.2. The van der Waals surface area contributed by atoms with Crippen LogP contribution in [0.15, 0.2) is 88.8 Å². The van der Waals surface area contributed by atoms with E-state index in [1.54, 1.807) is 24.3 Å². The molecule has 0 aromatic heterocycles. The van der Waals surface area contributed by atoms with E-state index in [2.05, 4.69) is 29.2 Å². The molecular formula is C20H21NO2S. The van der Waals surface area contributed by atoms with Gasteiger partial charge in [-0.1, -0.05) is 60.7 Å². The summed E-state index contributed by atoms with van der Waals surface area (Å²) in [6.45, 7) is 1.40. The molecule has 3 rings (SSSR count). The van der Waals surface area contributed by atoms with Crippen molar-refractivity contribution in [2.45, 2.75) is 24.3 Å². The summed E-state index contributed by atoms with van der Waals surface area (Å²) in [6.07, 6.45) is 7.26. The molecule has 0 saturated heterocycles. The lowest BCUT2D eigenvalue weighted by Crippen LogP contribution is -2.20. The summed E-state index contributed by atoms with van der Waals surface area (Å²) >= 11 is 0. The average Bonchev–Trinajstić information content (AvgIpc) is 2.58. The van der Waals surface area contributed by atoms with Gasteiger partial charge in [-0.3, -0.25) is 0 Å². The van der Waals surface area contributed by atoms with Crippen molar-refractivity contribution in [2.24, 2.45) is 0 Å². The fourth-order valence-corrected chi connectivity index (χ4v) is 4.25. The van der Waals surface area contributed by atoms with Crippen molar-refractivity contribution in [1.82, 2.24) is 4.90 Å². The maximum absolute atomic E-state index is 12.9. The summed E-state index contributed by atoms with van der Waals surface area (Å²) in [5.41, 5.74) is 1.17. The van der Waals surface area contributed by atoms with Gasteiger partial charge in [-0.05, 0) is 30.5 Å². The van der Waals surface area contributed by atoms with Crippen LogP contribution in [0.25, 0.3) is 0 Å². The van der Waals surface area contributed by atoms with E-state index in [-0.39, 0.29) is 0 Å². The molecule has 124 valence electrons. The highest BCUT2D eigenvalue weighted by Crippen LogP contribution is 2.25. The Hall–Kier alpha value is -2.33. The number of benzene rings is 2.